The molecule has 2 aromatic rings. The van der Waals surface area contributed by atoms with Crippen LogP contribution < -0.4 is 0 Å². The van der Waals surface area contributed by atoms with Crippen molar-refractivity contribution < 1.29 is 22.4 Å². The Morgan fingerprint density at radius 2 is 1.76 bits per heavy atom. The second kappa shape index (κ2) is 10.9. The molecule has 2 atom stereocenters. The van der Waals surface area contributed by atoms with E-state index < -0.39 is 11.7 Å². The number of carbonyl (C=O) groups is 1. The van der Waals surface area contributed by atoms with Gasteiger partial charge in [-0.2, -0.15) is 13.2 Å². The number of benzene rings is 2. The van der Waals surface area contributed by atoms with Gasteiger partial charge in [0.1, 0.15) is 5.82 Å². The number of halogens is 4. The van der Waals surface area contributed by atoms with Crippen molar-refractivity contribution in [3.05, 3.63) is 71.0 Å². The van der Waals surface area contributed by atoms with Crippen LogP contribution in [-0.2, 0) is 17.5 Å². The minimum absolute atomic E-state index is 0.0175. The summed E-state index contributed by atoms with van der Waals surface area (Å²) in [6.07, 6.45) is -4.39. The van der Waals surface area contributed by atoms with Crippen LogP contribution in [0, 0.1) is 23.6 Å². The van der Waals surface area contributed by atoms with Gasteiger partial charge in [-0.1, -0.05) is 58.0 Å². The second-order valence-corrected chi connectivity index (χ2v) is 10.1. The summed E-state index contributed by atoms with van der Waals surface area (Å²) in [5.41, 5.74) is 0.789. The zero-order chi connectivity index (χ0) is 25.0. The molecule has 3 nitrogen and oxygen atoms in total. The smallest absolute Gasteiger partial charge is 0.342 e. The van der Waals surface area contributed by atoms with E-state index in [0.717, 1.165) is 11.6 Å². The van der Waals surface area contributed by atoms with Gasteiger partial charge in [0.2, 0.25) is 5.91 Å². The van der Waals surface area contributed by atoms with Gasteiger partial charge >= 0.3 is 6.18 Å². The third kappa shape index (κ3) is 6.81. The van der Waals surface area contributed by atoms with E-state index in [-0.39, 0.29) is 29.5 Å². The van der Waals surface area contributed by atoms with E-state index in [0.29, 0.717) is 44.2 Å². The highest BCUT2D eigenvalue weighted by Gasteiger charge is 2.37. The van der Waals surface area contributed by atoms with Gasteiger partial charge in [0.25, 0.3) is 0 Å². The minimum Gasteiger partial charge on any atom is -0.342 e. The molecule has 1 aliphatic heterocycles. The Hall–Kier alpha value is -2.41. The van der Waals surface area contributed by atoms with Crippen molar-refractivity contribution in [1.82, 2.24) is 9.80 Å². The van der Waals surface area contributed by atoms with Crippen molar-refractivity contribution >= 4 is 5.91 Å². The molecule has 0 saturated carbocycles. The Balaban J connectivity index is 1.85. The SMILES string of the molecule is CC(C)CN(C[C@@H]1CN(Cc2cccc(C(F)(F)F)c2)C[C@H]1c1cccc(F)c1)C(=O)C(C)C. The molecule has 34 heavy (non-hydrogen) atoms. The van der Waals surface area contributed by atoms with Gasteiger partial charge < -0.3 is 4.90 Å². The van der Waals surface area contributed by atoms with Crippen molar-refractivity contribution in [3.63, 3.8) is 0 Å². The number of nitrogens with zero attached hydrogens (tertiary/aromatic N) is 2. The molecule has 186 valence electrons. The molecular formula is C27H34F4N2O. The summed E-state index contributed by atoms with van der Waals surface area (Å²) in [5.74, 6) is -0.0232. The van der Waals surface area contributed by atoms with E-state index in [9.17, 15) is 22.4 Å². The maximum Gasteiger partial charge on any atom is 0.416 e. The van der Waals surface area contributed by atoms with Crippen molar-refractivity contribution in [2.24, 2.45) is 17.8 Å². The Bertz CT molecular complexity index is 973. The van der Waals surface area contributed by atoms with Gasteiger partial charge in [0.15, 0.2) is 0 Å². The Labute approximate surface area is 199 Å². The van der Waals surface area contributed by atoms with E-state index in [1.165, 1.54) is 24.3 Å². The molecule has 7 heteroatoms. The first-order valence-corrected chi connectivity index (χ1v) is 11.9. The van der Waals surface area contributed by atoms with Gasteiger partial charge in [0, 0.05) is 44.6 Å². The van der Waals surface area contributed by atoms with Crippen LogP contribution in [0.15, 0.2) is 48.5 Å². The van der Waals surface area contributed by atoms with Crippen LogP contribution in [0.3, 0.4) is 0 Å². The molecular weight excluding hydrogens is 444 g/mol. The minimum atomic E-state index is -4.39. The van der Waals surface area contributed by atoms with Gasteiger partial charge in [-0.05, 0) is 41.2 Å². The summed E-state index contributed by atoms with van der Waals surface area (Å²) in [6.45, 7) is 10.7. The summed E-state index contributed by atoms with van der Waals surface area (Å²) < 4.78 is 53.5. The summed E-state index contributed by atoms with van der Waals surface area (Å²) >= 11 is 0. The number of hydrogen-bond donors (Lipinski definition) is 0. The normalized spacial score (nSPS) is 19.2. The monoisotopic (exact) mass is 478 g/mol. The van der Waals surface area contributed by atoms with Crippen LogP contribution in [0.2, 0.25) is 0 Å². The van der Waals surface area contributed by atoms with E-state index >= 15 is 0 Å². The second-order valence-electron chi connectivity index (χ2n) is 10.1. The molecule has 1 saturated heterocycles. The lowest BCUT2D eigenvalue weighted by molar-refractivity contribution is -0.137. The highest BCUT2D eigenvalue weighted by Crippen LogP contribution is 2.36. The van der Waals surface area contributed by atoms with Crippen molar-refractivity contribution in [2.45, 2.75) is 46.3 Å². The largest absolute Gasteiger partial charge is 0.416 e. The number of rotatable bonds is 8. The van der Waals surface area contributed by atoms with Crippen molar-refractivity contribution in [2.75, 3.05) is 26.2 Å². The topological polar surface area (TPSA) is 23.6 Å². The summed E-state index contributed by atoms with van der Waals surface area (Å²) in [6, 6.07) is 11.9. The van der Waals surface area contributed by atoms with Crippen molar-refractivity contribution in [3.8, 4) is 0 Å². The van der Waals surface area contributed by atoms with Gasteiger partial charge in [-0.25, -0.2) is 4.39 Å². The molecule has 0 bridgehead atoms. The number of hydrogen-bond acceptors (Lipinski definition) is 2. The molecule has 0 spiro atoms. The van der Waals surface area contributed by atoms with Crippen LogP contribution in [0.5, 0.6) is 0 Å². The summed E-state index contributed by atoms with van der Waals surface area (Å²) in [7, 11) is 0. The van der Waals surface area contributed by atoms with E-state index in [2.05, 4.69) is 18.7 Å². The number of carbonyl (C=O) groups excluding carboxylic acids is 1. The van der Waals surface area contributed by atoms with Gasteiger partial charge in [-0.15, -0.1) is 0 Å². The molecule has 1 aliphatic rings. The molecule has 2 aromatic carbocycles. The maximum absolute atomic E-state index is 14.0. The third-order valence-electron chi connectivity index (χ3n) is 6.30. The molecule has 1 amide bonds. The number of likely N-dealkylation sites (tertiary alicyclic amines) is 1. The quantitative estimate of drug-likeness (QED) is 0.422. The van der Waals surface area contributed by atoms with Gasteiger partial charge in [-0.3, -0.25) is 9.69 Å². The molecule has 0 unspecified atom stereocenters. The predicted molar refractivity (Wildman–Crippen MR) is 126 cm³/mol. The van der Waals surface area contributed by atoms with Crippen LogP contribution in [0.4, 0.5) is 17.6 Å². The first-order chi connectivity index (χ1) is 15.9. The van der Waals surface area contributed by atoms with Crippen molar-refractivity contribution in [1.29, 1.82) is 0 Å². The van der Waals surface area contributed by atoms with Crippen LogP contribution in [0.1, 0.15) is 50.3 Å². The Kier molecular flexibility index (Phi) is 8.39. The lowest BCUT2D eigenvalue weighted by Gasteiger charge is -2.31. The Morgan fingerprint density at radius 3 is 2.38 bits per heavy atom. The Morgan fingerprint density at radius 1 is 1.06 bits per heavy atom. The van der Waals surface area contributed by atoms with Crippen LogP contribution in [-0.4, -0.2) is 41.9 Å². The van der Waals surface area contributed by atoms with Gasteiger partial charge in [0.05, 0.1) is 5.56 Å². The zero-order valence-electron chi connectivity index (χ0n) is 20.3. The number of amides is 1. The fraction of sp³-hybridized carbons (Fsp3) is 0.519. The standard InChI is InChI=1S/C27H34F4N2O/c1-18(2)13-33(26(34)19(3)4)16-22-15-32(17-25(22)21-8-6-10-24(28)12-21)14-20-7-5-9-23(11-20)27(29,30)31/h5-12,18-19,22,25H,13-17H2,1-4H3/t22-,25-/m0/s1. The molecule has 1 heterocycles. The third-order valence-corrected chi connectivity index (χ3v) is 6.30. The molecule has 1 fully saturated rings. The predicted octanol–water partition coefficient (Wildman–Crippen LogP) is 6.20. The highest BCUT2D eigenvalue weighted by molar-refractivity contribution is 5.78. The molecule has 0 aromatic heterocycles. The molecule has 3 rings (SSSR count). The number of alkyl halides is 3. The summed E-state index contributed by atoms with van der Waals surface area (Å²) in [4.78, 5) is 16.9. The van der Waals surface area contributed by atoms with E-state index in [4.69, 9.17) is 0 Å². The maximum atomic E-state index is 14.0. The first-order valence-electron chi connectivity index (χ1n) is 11.9. The average Bonchev–Trinajstić information content (AvgIpc) is 3.14. The van der Waals surface area contributed by atoms with Crippen LogP contribution >= 0.6 is 0 Å². The molecule has 0 radical (unpaired) electrons. The molecule has 0 aliphatic carbocycles. The first kappa shape index (κ1) is 26.2. The fourth-order valence-corrected chi connectivity index (χ4v) is 4.84. The van der Waals surface area contributed by atoms with Crippen LogP contribution in [0.25, 0.3) is 0 Å². The average molecular weight is 479 g/mol. The summed E-state index contributed by atoms with van der Waals surface area (Å²) in [5, 5.41) is 0. The lowest BCUT2D eigenvalue weighted by atomic mass is 9.88. The zero-order valence-corrected chi connectivity index (χ0v) is 20.3. The van der Waals surface area contributed by atoms with E-state index in [1.54, 1.807) is 12.1 Å². The lowest BCUT2D eigenvalue weighted by Crippen LogP contribution is -2.41. The fourth-order valence-electron chi connectivity index (χ4n) is 4.84. The van der Waals surface area contributed by atoms with E-state index in [1.807, 2.05) is 24.8 Å². The molecule has 0 N–H and O–H groups in total. The highest BCUT2D eigenvalue weighted by atomic mass is 19.4.